The molecule has 1 heterocycles. The van der Waals surface area contributed by atoms with Crippen LogP contribution in [0.4, 0.5) is 5.82 Å². The van der Waals surface area contributed by atoms with Crippen LogP contribution in [0, 0.1) is 5.92 Å². The highest BCUT2D eigenvalue weighted by atomic mass is 16.3. The van der Waals surface area contributed by atoms with Gasteiger partial charge in [0.1, 0.15) is 5.82 Å². The molecule has 1 aliphatic carbocycles. The van der Waals surface area contributed by atoms with E-state index in [2.05, 4.69) is 9.97 Å². The third-order valence-corrected chi connectivity index (χ3v) is 3.46. The summed E-state index contributed by atoms with van der Waals surface area (Å²) in [6, 6.07) is 0. The number of H-pyrrole nitrogens is 1. The maximum absolute atomic E-state index is 11.0. The highest BCUT2D eigenvalue weighted by molar-refractivity contribution is 5.40. The van der Waals surface area contributed by atoms with Crippen molar-refractivity contribution in [2.45, 2.75) is 31.3 Å². The Balaban J connectivity index is 2.20. The van der Waals surface area contributed by atoms with E-state index in [1.54, 1.807) is 0 Å². The van der Waals surface area contributed by atoms with Crippen LogP contribution >= 0.6 is 0 Å². The molecule has 1 aromatic rings. The lowest BCUT2D eigenvalue weighted by Crippen LogP contribution is -2.30. The van der Waals surface area contributed by atoms with E-state index < -0.39 is 11.8 Å². The van der Waals surface area contributed by atoms with Crippen molar-refractivity contribution >= 4 is 5.82 Å². The van der Waals surface area contributed by atoms with Gasteiger partial charge in [-0.25, -0.2) is 9.78 Å². The fraction of sp³-hybridized carbons (Fsp3) is 0.636. The molecule has 0 bridgehead atoms. The molecule has 0 aromatic carbocycles. The van der Waals surface area contributed by atoms with Crippen molar-refractivity contribution in [2.75, 3.05) is 12.3 Å². The molecule has 2 rings (SSSR count). The Morgan fingerprint density at radius 1 is 1.53 bits per heavy atom. The normalized spacial score (nSPS) is 29.2. The number of aromatic nitrogens is 2. The van der Waals surface area contributed by atoms with Crippen LogP contribution in [0.15, 0.2) is 11.0 Å². The molecule has 0 spiro atoms. The van der Waals surface area contributed by atoms with Crippen molar-refractivity contribution in [1.82, 2.24) is 9.97 Å². The molecule has 1 fully saturated rings. The van der Waals surface area contributed by atoms with E-state index in [1.807, 2.05) is 0 Å². The molecule has 3 atom stereocenters. The molecule has 0 unspecified atom stereocenters. The Morgan fingerprint density at radius 2 is 2.29 bits per heavy atom. The standard InChI is InChI=1S/C11H17N3O3/c12-10-8(4-13-11(17)14-10)7-2-1-6(5-15)3-9(7)16/h4,6-7,9,15-16H,1-3,5H2,(H3,12,13,14,17)/t6-,7-,9+/m1/s1. The topological polar surface area (TPSA) is 112 Å². The van der Waals surface area contributed by atoms with Gasteiger partial charge in [0.25, 0.3) is 0 Å². The van der Waals surface area contributed by atoms with Gasteiger partial charge in [-0.3, -0.25) is 4.98 Å². The van der Waals surface area contributed by atoms with Gasteiger partial charge in [0.05, 0.1) is 6.10 Å². The molecule has 0 radical (unpaired) electrons. The Labute approximate surface area is 98.5 Å². The van der Waals surface area contributed by atoms with Gasteiger partial charge in [0.15, 0.2) is 0 Å². The average Bonchev–Trinajstić information content (AvgIpc) is 2.30. The summed E-state index contributed by atoms with van der Waals surface area (Å²) in [5.41, 5.74) is 5.93. The molecule has 1 aliphatic rings. The maximum atomic E-state index is 11.0. The Bertz CT molecular complexity index is 446. The number of nitrogens with two attached hydrogens (primary N) is 1. The summed E-state index contributed by atoms with van der Waals surface area (Å²) < 4.78 is 0. The molecule has 5 N–H and O–H groups in total. The molecule has 1 saturated carbocycles. The predicted octanol–water partition coefficient (Wildman–Crippen LogP) is -0.411. The highest BCUT2D eigenvalue weighted by Crippen LogP contribution is 2.36. The second-order valence-electron chi connectivity index (χ2n) is 4.59. The highest BCUT2D eigenvalue weighted by Gasteiger charge is 2.31. The average molecular weight is 239 g/mol. The van der Waals surface area contributed by atoms with Crippen LogP contribution in [-0.4, -0.2) is 32.9 Å². The van der Waals surface area contributed by atoms with E-state index in [0.29, 0.717) is 12.0 Å². The quantitative estimate of drug-likeness (QED) is 0.560. The minimum atomic E-state index is -0.545. The third-order valence-electron chi connectivity index (χ3n) is 3.46. The number of aliphatic hydroxyl groups is 2. The van der Waals surface area contributed by atoms with E-state index >= 15 is 0 Å². The fourth-order valence-electron chi connectivity index (χ4n) is 2.47. The Morgan fingerprint density at radius 3 is 2.88 bits per heavy atom. The van der Waals surface area contributed by atoms with Crippen LogP contribution in [0.5, 0.6) is 0 Å². The van der Waals surface area contributed by atoms with Crippen LogP contribution in [0.2, 0.25) is 0 Å². The van der Waals surface area contributed by atoms with Gasteiger partial charge in [0, 0.05) is 24.3 Å². The molecule has 0 amide bonds. The SMILES string of the molecule is Nc1[nH]c(=O)ncc1[C@H]1CC[C@@H](CO)C[C@@H]1O. The van der Waals surface area contributed by atoms with Gasteiger partial charge in [0.2, 0.25) is 0 Å². The Kier molecular flexibility index (Phi) is 3.44. The van der Waals surface area contributed by atoms with E-state index in [4.69, 9.17) is 10.8 Å². The smallest absolute Gasteiger partial charge is 0.346 e. The van der Waals surface area contributed by atoms with Crippen LogP contribution < -0.4 is 11.4 Å². The molecule has 1 aromatic heterocycles. The summed E-state index contributed by atoms with van der Waals surface area (Å²) in [6.07, 6.45) is 3.03. The van der Waals surface area contributed by atoms with E-state index in [0.717, 1.165) is 12.8 Å². The van der Waals surface area contributed by atoms with Gasteiger partial charge >= 0.3 is 5.69 Å². The van der Waals surface area contributed by atoms with Gasteiger partial charge in [-0.05, 0) is 25.2 Å². The minimum Gasteiger partial charge on any atom is -0.396 e. The zero-order valence-electron chi connectivity index (χ0n) is 9.47. The minimum absolute atomic E-state index is 0.100. The second kappa shape index (κ2) is 4.85. The number of nitrogen functional groups attached to an aromatic ring is 1. The first-order chi connectivity index (χ1) is 8.11. The lowest BCUT2D eigenvalue weighted by molar-refractivity contribution is 0.0572. The van der Waals surface area contributed by atoms with E-state index in [-0.39, 0.29) is 24.3 Å². The summed E-state index contributed by atoms with van der Waals surface area (Å²) in [5, 5.41) is 19.1. The number of hydrogen-bond acceptors (Lipinski definition) is 5. The van der Waals surface area contributed by atoms with Gasteiger partial charge < -0.3 is 15.9 Å². The van der Waals surface area contributed by atoms with Gasteiger partial charge in [-0.1, -0.05) is 0 Å². The van der Waals surface area contributed by atoms with Crippen molar-refractivity contribution in [3.8, 4) is 0 Å². The van der Waals surface area contributed by atoms with Crippen LogP contribution in [-0.2, 0) is 0 Å². The fourth-order valence-corrected chi connectivity index (χ4v) is 2.47. The number of hydrogen-bond donors (Lipinski definition) is 4. The second-order valence-corrected chi connectivity index (χ2v) is 4.59. The van der Waals surface area contributed by atoms with Crippen molar-refractivity contribution < 1.29 is 10.2 Å². The molecular weight excluding hydrogens is 222 g/mol. The molecular formula is C11H17N3O3. The zero-order valence-corrected chi connectivity index (χ0v) is 9.47. The molecule has 0 aliphatic heterocycles. The van der Waals surface area contributed by atoms with E-state index in [9.17, 15) is 9.90 Å². The van der Waals surface area contributed by atoms with Gasteiger partial charge in [-0.2, -0.15) is 0 Å². The summed E-state index contributed by atoms with van der Waals surface area (Å²) in [5.74, 6) is 0.317. The van der Waals surface area contributed by atoms with Crippen molar-refractivity contribution in [3.63, 3.8) is 0 Å². The Hall–Kier alpha value is -1.40. The van der Waals surface area contributed by atoms with Crippen molar-refractivity contribution in [3.05, 3.63) is 22.2 Å². The number of rotatable bonds is 2. The number of aliphatic hydroxyl groups excluding tert-OH is 2. The maximum Gasteiger partial charge on any atom is 0.346 e. The monoisotopic (exact) mass is 239 g/mol. The number of nitrogens with zero attached hydrogens (tertiary/aromatic N) is 1. The molecule has 6 nitrogen and oxygen atoms in total. The van der Waals surface area contributed by atoms with Crippen molar-refractivity contribution in [1.29, 1.82) is 0 Å². The first kappa shape index (κ1) is 12.1. The van der Waals surface area contributed by atoms with Crippen LogP contribution in [0.1, 0.15) is 30.7 Å². The molecule has 17 heavy (non-hydrogen) atoms. The number of aromatic amines is 1. The van der Waals surface area contributed by atoms with Crippen molar-refractivity contribution in [2.24, 2.45) is 5.92 Å². The summed E-state index contributed by atoms with van der Waals surface area (Å²) in [4.78, 5) is 17.0. The van der Waals surface area contributed by atoms with Crippen LogP contribution in [0.3, 0.4) is 0 Å². The largest absolute Gasteiger partial charge is 0.396 e. The number of nitrogens with one attached hydrogen (secondary N) is 1. The zero-order chi connectivity index (χ0) is 12.4. The third kappa shape index (κ3) is 2.48. The lowest BCUT2D eigenvalue weighted by atomic mass is 9.77. The summed E-state index contributed by atoms with van der Waals surface area (Å²) in [6.45, 7) is 0.100. The first-order valence-corrected chi connectivity index (χ1v) is 5.75. The predicted molar refractivity (Wildman–Crippen MR) is 62.4 cm³/mol. The summed E-state index contributed by atoms with van der Waals surface area (Å²) in [7, 11) is 0. The number of anilines is 1. The van der Waals surface area contributed by atoms with Gasteiger partial charge in [-0.15, -0.1) is 0 Å². The molecule has 0 saturated heterocycles. The summed E-state index contributed by atoms with van der Waals surface area (Å²) >= 11 is 0. The van der Waals surface area contributed by atoms with E-state index in [1.165, 1.54) is 6.20 Å². The molecule has 94 valence electrons. The lowest BCUT2D eigenvalue weighted by Gasteiger charge is -2.32. The molecule has 6 heteroatoms. The van der Waals surface area contributed by atoms with Crippen LogP contribution in [0.25, 0.3) is 0 Å². The first-order valence-electron chi connectivity index (χ1n) is 5.75.